The number of aryl methyl sites for hydroxylation is 1. The molecule has 2 aromatic heterocycles. The van der Waals surface area contributed by atoms with Gasteiger partial charge in [-0.3, -0.25) is 9.78 Å². The number of pyridine rings is 1. The zero-order chi connectivity index (χ0) is 17.8. The van der Waals surface area contributed by atoms with Crippen LogP contribution in [-0.4, -0.2) is 16.0 Å². The molecule has 2 heterocycles. The Kier molecular flexibility index (Phi) is 4.79. The molecule has 0 aliphatic heterocycles. The fraction of sp³-hybridized carbons (Fsp3) is 0.211. The maximum Gasteiger partial charge on any atom is 0.339 e. The van der Waals surface area contributed by atoms with E-state index in [1.54, 1.807) is 24.5 Å². The number of carbonyl (C=O) groups excluding carboxylic acids is 1. The van der Waals surface area contributed by atoms with Crippen LogP contribution in [0.25, 0.3) is 11.0 Å². The Morgan fingerprint density at radius 3 is 2.76 bits per heavy atom. The van der Waals surface area contributed by atoms with E-state index < -0.39 is 5.63 Å². The highest BCUT2D eigenvalue weighted by molar-refractivity contribution is 5.82. The van der Waals surface area contributed by atoms with E-state index in [9.17, 15) is 14.7 Å². The lowest BCUT2D eigenvalue weighted by molar-refractivity contribution is -0.121. The third kappa shape index (κ3) is 3.85. The maximum atomic E-state index is 12.2. The van der Waals surface area contributed by atoms with Gasteiger partial charge < -0.3 is 14.8 Å². The predicted molar refractivity (Wildman–Crippen MR) is 93.3 cm³/mol. The molecule has 0 radical (unpaired) electrons. The molecule has 0 saturated carbocycles. The van der Waals surface area contributed by atoms with E-state index >= 15 is 0 Å². The second kappa shape index (κ2) is 7.17. The number of rotatable bonds is 5. The number of benzene rings is 1. The van der Waals surface area contributed by atoms with Gasteiger partial charge in [-0.2, -0.15) is 0 Å². The van der Waals surface area contributed by atoms with E-state index in [4.69, 9.17) is 4.42 Å². The molecule has 3 aromatic rings. The lowest BCUT2D eigenvalue weighted by Crippen LogP contribution is -2.24. The van der Waals surface area contributed by atoms with E-state index in [1.807, 2.05) is 19.1 Å². The first-order valence-electron chi connectivity index (χ1n) is 7.95. The molecule has 0 unspecified atom stereocenters. The molecule has 1 aromatic carbocycles. The van der Waals surface area contributed by atoms with Gasteiger partial charge in [-0.1, -0.05) is 0 Å². The minimum atomic E-state index is -0.475. The Hall–Kier alpha value is -3.15. The second-order valence-corrected chi connectivity index (χ2v) is 5.81. The van der Waals surface area contributed by atoms with E-state index in [-0.39, 0.29) is 18.1 Å². The molecule has 6 heteroatoms. The molecule has 128 valence electrons. The number of fused-ring (bicyclic) bond motifs is 1. The van der Waals surface area contributed by atoms with E-state index in [0.717, 1.165) is 16.5 Å². The summed E-state index contributed by atoms with van der Waals surface area (Å²) in [6, 6.07) is 8.32. The van der Waals surface area contributed by atoms with E-state index in [0.29, 0.717) is 24.1 Å². The molecule has 3 rings (SSSR count). The zero-order valence-corrected chi connectivity index (χ0v) is 13.8. The van der Waals surface area contributed by atoms with E-state index in [2.05, 4.69) is 10.3 Å². The van der Waals surface area contributed by atoms with Crippen LogP contribution in [0.4, 0.5) is 0 Å². The van der Waals surface area contributed by atoms with Crippen molar-refractivity contribution in [2.24, 2.45) is 0 Å². The molecule has 1 amide bonds. The minimum Gasteiger partial charge on any atom is -0.508 e. The fourth-order valence-corrected chi connectivity index (χ4v) is 2.70. The molecular weight excluding hydrogens is 320 g/mol. The molecule has 0 aliphatic rings. The predicted octanol–water partition coefficient (Wildman–Crippen LogP) is 2.45. The van der Waals surface area contributed by atoms with Crippen LogP contribution in [0, 0.1) is 6.92 Å². The van der Waals surface area contributed by atoms with Gasteiger partial charge in [-0.25, -0.2) is 4.79 Å². The largest absolute Gasteiger partial charge is 0.508 e. The van der Waals surface area contributed by atoms with Crippen LogP contribution in [0.15, 0.2) is 51.9 Å². The van der Waals surface area contributed by atoms with Crippen molar-refractivity contribution in [3.63, 3.8) is 0 Å². The number of aromatic hydroxyl groups is 1. The number of nitrogens with one attached hydrogen (secondary N) is 1. The Morgan fingerprint density at radius 2 is 2.00 bits per heavy atom. The summed E-state index contributed by atoms with van der Waals surface area (Å²) in [5.41, 5.74) is 2.08. The normalized spacial score (nSPS) is 10.8. The number of phenolic OH excluding ortho intramolecular Hbond substituents is 1. The number of carbonyl (C=O) groups is 1. The van der Waals surface area contributed by atoms with Crippen molar-refractivity contribution < 1.29 is 14.3 Å². The minimum absolute atomic E-state index is 0.0401. The topological polar surface area (TPSA) is 92.4 Å². The van der Waals surface area contributed by atoms with Crippen molar-refractivity contribution >= 4 is 16.9 Å². The van der Waals surface area contributed by atoms with Crippen molar-refractivity contribution in [1.82, 2.24) is 10.3 Å². The van der Waals surface area contributed by atoms with Gasteiger partial charge in [0, 0.05) is 42.4 Å². The van der Waals surface area contributed by atoms with Crippen molar-refractivity contribution in [3.8, 4) is 5.75 Å². The van der Waals surface area contributed by atoms with Crippen LogP contribution in [0.2, 0.25) is 0 Å². The first-order valence-corrected chi connectivity index (χ1v) is 7.95. The molecular formula is C19H18N2O4. The van der Waals surface area contributed by atoms with Gasteiger partial charge in [-0.15, -0.1) is 0 Å². The quantitative estimate of drug-likeness (QED) is 0.697. The fourth-order valence-electron chi connectivity index (χ4n) is 2.70. The smallest absolute Gasteiger partial charge is 0.339 e. The second-order valence-electron chi connectivity index (χ2n) is 5.81. The molecule has 0 saturated heterocycles. The lowest BCUT2D eigenvalue weighted by Gasteiger charge is -2.08. The first-order chi connectivity index (χ1) is 12.0. The van der Waals surface area contributed by atoms with Gasteiger partial charge in [0.05, 0.1) is 0 Å². The molecule has 2 N–H and O–H groups in total. The van der Waals surface area contributed by atoms with Gasteiger partial charge in [0.2, 0.25) is 5.91 Å². The summed E-state index contributed by atoms with van der Waals surface area (Å²) in [5.74, 6) is -0.0975. The third-order valence-electron chi connectivity index (χ3n) is 4.11. The van der Waals surface area contributed by atoms with Crippen molar-refractivity contribution in [3.05, 3.63) is 69.8 Å². The molecule has 25 heavy (non-hydrogen) atoms. The zero-order valence-electron chi connectivity index (χ0n) is 13.8. The van der Waals surface area contributed by atoms with Gasteiger partial charge in [0.25, 0.3) is 0 Å². The molecule has 0 bridgehead atoms. The Morgan fingerprint density at radius 1 is 1.24 bits per heavy atom. The highest BCUT2D eigenvalue weighted by atomic mass is 16.4. The Balaban J connectivity index is 1.69. The first kappa shape index (κ1) is 16.7. The summed E-state index contributed by atoms with van der Waals surface area (Å²) in [6.07, 6.45) is 3.83. The molecule has 0 atom stereocenters. The van der Waals surface area contributed by atoms with Crippen molar-refractivity contribution in [1.29, 1.82) is 0 Å². The molecule has 0 aliphatic carbocycles. The number of hydrogen-bond acceptors (Lipinski definition) is 5. The number of phenols is 1. The van der Waals surface area contributed by atoms with Crippen molar-refractivity contribution in [2.75, 3.05) is 0 Å². The van der Waals surface area contributed by atoms with Gasteiger partial charge in [0.1, 0.15) is 11.3 Å². The van der Waals surface area contributed by atoms with Gasteiger partial charge in [-0.05, 0) is 48.7 Å². The average molecular weight is 338 g/mol. The summed E-state index contributed by atoms with van der Waals surface area (Å²) in [4.78, 5) is 28.1. The van der Waals surface area contributed by atoms with Crippen LogP contribution in [0.5, 0.6) is 5.75 Å². The Bertz CT molecular complexity index is 964. The summed E-state index contributed by atoms with van der Waals surface area (Å²) in [6.45, 7) is 2.24. The number of nitrogens with zero attached hydrogens (tertiary/aromatic N) is 1. The van der Waals surface area contributed by atoms with Crippen LogP contribution >= 0.6 is 0 Å². The molecule has 0 fully saturated rings. The van der Waals surface area contributed by atoms with Gasteiger partial charge >= 0.3 is 5.63 Å². The van der Waals surface area contributed by atoms with Crippen LogP contribution in [0.3, 0.4) is 0 Å². The molecule has 0 spiro atoms. The lowest BCUT2D eigenvalue weighted by atomic mass is 10.0. The Labute approximate surface area is 144 Å². The van der Waals surface area contributed by atoms with Crippen molar-refractivity contribution in [2.45, 2.75) is 26.3 Å². The SMILES string of the molecule is Cc1c(CCC(=O)NCc2ccncc2)c(=O)oc2cc(O)ccc12. The summed E-state index contributed by atoms with van der Waals surface area (Å²) in [7, 11) is 0. The van der Waals surface area contributed by atoms with Crippen LogP contribution in [0.1, 0.15) is 23.1 Å². The van der Waals surface area contributed by atoms with Crippen LogP contribution in [-0.2, 0) is 17.8 Å². The van der Waals surface area contributed by atoms with Crippen LogP contribution < -0.4 is 10.9 Å². The summed E-state index contributed by atoms with van der Waals surface area (Å²) >= 11 is 0. The standard InChI is InChI=1S/C19H18N2O4/c1-12-15-3-2-14(22)10-17(15)25-19(24)16(12)4-5-18(23)21-11-13-6-8-20-9-7-13/h2-3,6-10,22H,4-5,11H2,1H3,(H,21,23). The highest BCUT2D eigenvalue weighted by Crippen LogP contribution is 2.23. The molecule has 6 nitrogen and oxygen atoms in total. The number of amides is 1. The summed E-state index contributed by atoms with van der Waals surface area (Å²) in [5, 5.41) is 13.1. The maximum absolute atomic E-state index is 12.2. The number of aromatic nitrogens is 1. The average Bonchev–Trinajstić information content (AvgIpc) is 2.60. The monoisotopic (exact) mass is 338 g/mol. The third-order valence-corrected chi connectivity index (χ3v) is 4.11. The number of hydrogen-bond donors (Lipinski definition) is 2. The van der Waals surface area contributed by atoms with Gasteiger partial charge in [0.15, 0.2) is 0 Å². The highest BCUT2D eigenvalue weighted by Gasteiger charge is 2.13. The van der Waals surface area contributed by atoms with E-state index in [1.165, 1.54) is 6.07 Å². The summed E-state index contributed by atoms with van der Waals surface area (Å²) < 4.78 is 5.26.